The van der Waals surface area contributed by atoms with Crippen molar-refractivity contribution in [3.05, 3.63) is 53.9 Å². The molecule has 1 saturated heterocycles. The van der Waals surface area contributed by atoms with Crippen molar-refractivity contribution in [1.29, 1.82) is 0 Å². The van der Waals surface area contributed by atoms with Crippen LogP contribution in [0.15, 0.2) is 52.1 Å². The summed E-state index contributed by atoms with van der Waals surface area (Å²) in [5.74, 6) is 7.14. The first kappa shape index (κ1) is 25.4. The average Bonchev–Trinajstić information content (AvgIpc) is 3.54. The molecular weight excluding hydrogens is 510 g/mol. The normalized spacial score (nSPS) is 14.0. The number of hydrogen-bond donors (Lipinski definition) is 1. The number of ether oxygens (including phenoxy) is 3. The largest absolute Gasteiger partial charge is 0.496 e. The fraction of sp³-hybridized carbons (Fsp3) is 0.308. The molecule has 12 heteroatoms. The number of methoxy groups -OCH3 is 3. The van der Waals surface area contributed by atoms with E-state index in [0.717, 1.165) is 18.7 Å². The van der Waals surface area contributed by atoms with E-state index in [1.165, 1.54) is 21.3 Å². The van der Waals surface area contributed by atoms with Crippen molar-refractivity contribution in [2.24, 2.45) is 5.92 Å². The summed E-state index contributed by atoms with van der Waals surface area (Å²) in [6, 6.07) is 8.53. The van der Waals surface area contributed by atoms with Crippen LogP contribution in [0.3, 0.4) is 0 Å². The van der Waals surface area contributed by atoms with Crippen LogP contribution in [0, 0.1) is 17.8 Å². The molecule has 11 nitrogen and oxygen atoms in total. The van der Waals surface area contributed by atoms with Crippen molar-refractivity contribution in [1.82, 2.24) is 19.8 Å². The van der Waals surface area contributed by atoms with E-state index < -0.39 is 10.0 Å². The molecule has 198 valence electrons. The van der Waals surface area contributed by atoms with Gasteiger partial charge in [0.25, 0.3) is 10.0 Å². The van der Waals surface area contributed by atoms with Crippen LogP contribution >= 0.6 is 0 Å². The standard InChI is InChI=1S/C26H27N5O6S/c1-30-14-18(15-30)7-6-17-10-22(35-3)25(23(11-17)36-4)38(32,33)29-26-24-20(34-2)12-19(13-21(24)37-28-26)16-31-9-5-8-27-31/h5,8-13,18H,14-16H2,1-4H3,(H,28,29). The SMILES string of the molecule is COc1cc(C#CC2CN(C)C2)cc(OC)c1S(=O)(=O)Nc1noc2cc(Cn3cccn3)cc(OC)c12. The summed E-state index contributed by atoms with van der Waals surface area (Å²) < 4.78 is 53.4. The molecule has 3 heterocycles. The zero-order valence-corrected chi connectivity index (χ0v) is 22.2. The van der Waals surface area contributed by atoms with Gasteiger partial charge in [0.2, 0.25) is 0 Å². The van der Waals surface area contributed by atoms with Crippen LogP contribution in [0.1, 0.15) is 11.1 Å². The van der Waals surface area contributed by atoms with E-state index in [0.29, 0.717) is 28.8 Å². The predicted molar refractivity (Wildman–Crippen MR) is 140 cm³/mol. The highest BCUT2D eigenvalue weighted by molar-refractivity contribution is 7.93. The second-order valence-corrected chi connectivity index (χ2v) is 10.5. The molecule has 2 aromatic heterocycles. The quantitative estimate of drug-likeness (QED) is 0.338. The number of benzene rings is 2. The fourth-order valence-electron chi connectivity index (χ4n) is 4.36. The molecule has 0 amide bonds. The van der Waals surface area contributed by atoms with Crippen LogP contribution in [0.25, 0.3) is 11.0 Å². The van der Waals surface area contributed by atoms with Gasteiger partial charge >= 0.3 is 0 Å². The summed E-state index contributed by atoms with van der Waals surface area (Å²) in [6.07, 6.45) is 3.52. The van der Waals surface area contributed by atoms with Gasteiger partial charge in [-0.25, -0.2) is 8.42 Å². The maximum absolute atomic E-state index is 13.6. The molecule has 1 aliphatic heterocycles. The number of sulfonamides is 1. The Kier molecular flexibility index (Phi) is 6.88. The Morgan fingerprint density at radius 3 is 2.39 bits per heavy atom. The Bertz CT molecular complexity index is 1600. The molecule has 0 saturated carbocycles. The van der Waals surface area contributed by atoms with Crippen molar-refractivity contribution in [2.45, 2.75) is 11.4 Å². The minimum Gasteiger partial charge on any atom is -0.496 e. The topological polar surface area (TPSA) is 121 Å². The van der Waals surface area contributed by atoms with E-state index >= 15 is 0 Å². The summed E-state index contributed by atoms with van der Waals surface area (Å²) >= 11 is 0. The Balaban J connectivity index is 1.49. The summed E-state index contributed by atoms with van der Waals surface area (Å²) in [6.45, 7) is 2.27. The molecule has 5 rings (SSSR count). The molecule has 2 aromatic carbocycles. The van der Waals surface area contributed by atoms with Crippen molar-refractivity contribution in [3.63, 3.8) is 0 Å². The summed E-state index contributed by atoms with van der Waals surface area (Å²) in [5, 5.41) is 8.56. The lowest BCUT2D eigenvalue weighted by Crippen LogP contribution is -2.42. The van der Waals surface area contributed by atoms with Gasteiger partial charge in [0, 0.05) is 37.0 Å². The van der Waals surface area contributed by atoms with Gasteiger partial charge in [0.15, 0.2) is 16.3 Å². The first-order valence-corrected chi connectivity index (χ1v) is 13.2. The van der Waals surface area contributed by atoms with E-state index in [1.54, 1.807) is 35.1 Å². The van der Waals surface area contributed by atoms with Gasteiger partial charge in [-0.05, 0) is 42.9 Å². The molecule has 1 fully saturated rings. The number of hydrogen-bond acceptors (Lipinski definition) is 9. The number of fused-ring (bicyclic) bond motifs is 1. The summed E-state index contributed by atoms with van der Waals surface area (Å²) in [5.41, 5.74) is 1.79. The van der Waals surface area contributed by atoms with Crippen LogP contribution in [-0.2, 0) is 16.6 Å². The second kappa shape index (κ2) is 10.3. The fourth-order valence-corrected chi connectivity index (χ4v) is 5.67. The molecular formula is C26H27N5O6S. The van der Waals surface area contributed by atoms with Crippen molar-refractivity contribution < 1.29 is 27.2 Å². The second-order valence-electron chi connectivity index (χ2n) is 8.91. The maximum atomic E-state index is 13.6. The number of likely N-dealkylation sites (tertiary alicyclic amines) is 1. The van der Waals surface area contributed by atoms with E-state index in [-0.39, 0.29) is 28.1 Å². The molecule has 0 bridgehead atoms. The van der Waals surface area contributed by atoms with E-state index in [1.807, 2.05) is 19.3 Å². The molecule has 0 unspecified atom stereocenters. The van der Waals surface area contributed by atoms with Crippen LogP contribution in [-0.4, -0.2) is 69.7 Å². The zero-order valence-electron chi connectivity index (χ0n) is 21.4. The minimum atomic E-state index is -4.23. The lowest BCUT2D eigenvalue weighted by atomic mass is 10.0. The zero-order chi connectivity index (χ0) is 26.9. The van der Waals surface area contributed by atoms with Gasteiger partial charge in [-0.15, -0.1) is 0 Å². The third-order valence-electron chi connectivity index (χ3n) is 6.17. The Labute approximate surface area is 220 Å². The maximum Gasteiger partial charge on any atom is 0.270 e. The van der Waals surface area contributed by atoms with Gasteiger partial charge in [0.05, 0.1) is 27.9 Å². The Morgan fingerprint density at radius 2 is 1.79 bits per heavy atom. The third-order valence-corrected chi connectivity index (χ3v) is 7.57. The molecule has 4 aromatic rings. The monoisotopic (exact) mass is 537 g/mol. The first-order chi connectivity index (χ1) is 18.3. The van der Waals surface area contributed by atoms with Crippen LogP contribution in [0.4, 0.5) is 5.82 Å². The van der Waals surface area contributed by atoms with Crippen molar-refractivity contribution >= 4 is 26.8 Å². The number of aromatic nitrogens is 3. The van der Waals surface area contributed by atoms with E-state index in [2.05, 4.69) is 31.7 Å². The number of nitrogens with zero attached hydrogens (tertiary/aromatic N) is 4. The predicted octanol–water partition coefficient (Wildman–Crippen LogP) is 2.81. The molecule has 0 atom stereocenters. The highest BCUT2D eigenvalue weighted by atomic mass is 32.2. The lowest BCUT2D eigenvalue weighted by molar-refractivity contribution is 0.177. The van der Waals surface area contributed by atoms with Crippen molar-refractivity contribution in [3.8, 4) is 29.1 Å². The van der Waals surface area contributed by atoms with Crippen LogP contribution < -0.4 is 18.9 Å². The van der Waals surface area contributed by atoms with E-state index in [4.69, 9.17) is 18.7 Å². The lowest BCUT2D eigenvalue weighted by Gasteiger charge is -2.32. The molecule has 38 heavy (non-hydrogen) atoms. The van der Waals surface area contributed by atoms with Crippen molar-refractivity contribution in [2.75, 3.05) is 46.2 Å². The Morgan fingerprint density at radius 1 is 1.08 bits per heavy atom. The summed E-state index contributed by atoms with van der Waals surface area (Å²) in [7, 11) is 2.07. The van der Waals surface area contributed by atoms with Crippen LogP contribution in [0.5, 0.6) is 17.2 Å². The number of rotatable bonds is 8. The minimum absolute atomic E-state index is 0.0235. The average molecular weight is 538 g/mol. The smallest absolute Gasteiger partial charge is 0.270 e. The Hall–Kier alpha value is -4.21. The number of nitrogens with one attached hydrogen (secondary N) is 1. The van der Waals surface area contributed by atoms with Gasteiger partial charge in [-0.1, -0.05) is 17.0 Å². The van der Waals surface area contributed by atoms with Gasteiger partial charge in [-0.2, -0.15) is 5.10 Å². The first-order valence-electron chi connectivity index (χ1n) is 11.7. The third kappa shape index (κ3) is 4.98. The molecule has 1 N–H and O–H groups in total. The van der Waals surface area contributed by atoms with Gasteiger partial charge in [-0.3, -0.25) is 9.40 Å². The number of anilines is 1. The van der Waals surface area contributed by atoms with E-state index in [9.17, 15) is 8.42 Å². The van der Waals surface area contributed by atoms with Crippen LogP contribution in [0.2, 0.25) is 0 Å². The highest BCUT2D eigenvalue weighted by Crippen LogP contribution is 2.39. The molecule has 1 aliphatic rings. The molecule has 0 aliphatic carbocycles. The highest BCUT2D eigenvalue weighted by Gasteiger charge is 2.29. The summed E-state index contributed by atoms with van der Waals surface area (Å²) in [4.78, 5) is 1.99. The molecule has 0 radical (unpaired) electrons. The van der Waals surface area contributed by atoms with Gasteiger partial charge in [0.1, 0.15) is 22.6 Å². The van der Waals surface area contributed by atoms with Gasteiger partial charge < -0.3 is 23.6 Å². The molecule has 0 spiro atoms.